The van der Waals surface area contributed by atoms with Crippen molar-refractivity contribution in [3.63, 3.8) is 0 Å². The van der Waals surface area contributed by atoms with Gasteiger partial charge in [-0.15, -0.1) is 0 Å². The third-order valence-electron chi connectivity index (χ3n) is 2.28. The Hall–Kier alpha value is -1.43. The minimum absolute atomic E-state index is 0.0308. The molecule has 0 aliphatic rings. The van der Waals surface area contributed by atoms with E-state index in [-0.39, 0.29) is 30.5 Å². The first kappa shape index (κ1) is 17.6. The summed E-state index contributed by atoms with van der Waals surface area (Å²) in [7, 11) is 0. The van der Waals surface area contributed by atoms with E-state index in [2.05, 4.69) is 5.32 Å². The first-order valence-corrected chi connectivity index (χ1v) is 6.25. The second-order valence-corrected chi connectivity index (χ2v) is 6.31. The van der Waals surface area contributed by atoms with Gasteiger partial charge in [-0.05, 0) is 12.3 Å². The number of nitrogens with two attached hydrogens (primary N) is 1. The summed E-state index contributed by atoms with van der Waals surface area (Å²) in [6.45, 7) is 7.39. The minimum atomic E-state index is -1.14. The Labute approximate surface area is 113 Å². The maximum atomic E-state index is 11.8. The van der Waals surface area contributed by atoms with Crippen molar-refractivity contribution in [2.24, 2.45) is 11.1 Å². The summed E-state index contributed by atoms with van der Waals surface area (Å²) in [5.74, 6) is -1.54. The van der Waals surface area contributed by atoms with Crippen LogP contribution in [0.3, 0.4) is 0 Å². The molecule has 0 rings (SSSR count). The maximum Gasteiger partial charge on any atom is 0.303 e. The van der Waals surface area contributed by atoms with Gasteiger partial charge < -0.3 is 16.2 Å². The third kappa shape index (κ3) is 10.2. The molecule has 4 N–H and O–H groups in total. The zero-order valence-electron chi connectivity index (χ0n) is 12.1. The molecule has 0 radical (unpaired) electrons. The van der Waals surface area contributed by atoms with E-state index < -0.39 is 17.5 Å². The standard InChI is InChI=1S/C13H24N2O4/c1-12(2,3)7-9(16)8-13(4,14)15-10(17)5-6-11(18)19/h5-8,14H2,1-4H3,(H,15,17)(H,18,19). The number of ketones is 1. The molecular formula is C13H24N2O4. The number of carboxylic acid groups (broad SMARTS) is 1. The van der Waals surface area contributed by atoms with Gasteiger partial charge in [-0.1, -0.05) is 20.8 Å². The van der Waals surface area contributed by atoms with Crippen LogP contribution in [0.4, 0.5) is 0 Å². The van der Waals surface area contributed by atoms with Gasteiger partial charge in [-0.25, -0.2) is 0 Å². The molecule has 0 aromatic heterocycles. The van der Waals surface area contributed by atoms with E-state index in [9.17, 15) is 14.4 Å². The second kappa shape index (κ2) is 6.65. The monoisotopic (exact) mass is 272 g/mol. The number of aliphatic carboxylic acids is 1. The molecule has 1 atom stereocenters. The summed E-state index contributed by atoms with van der Waals surface area (Å²) in [4.78, 5) is 33.6. The Morgan fingerprint density at radius 1 is 1.05 bits per heavy atom. The quantitative estimate of drug-likeness (QED) is 0.600. The molecule has 1 amide bonds. The first-order valence-electron chi connectivity index (χ1n) is 6.25. The zero-order valence-corrected chi connectivity index (χ0v) is 12.1. The molecule has 0 aliphatic heterocycles. The molecule has 0 heterocycles. The molecule has 0 bridgehead atoms. The summed E-state index contributed by atoms with van der Waals surface area (Å²) in [5, 5.41) is 11.0. The Bertz CT molecular complexity index is 356. The SMILES string of the molecule is CC(C)(C)CC(=O)CC(C)(N)NC(=O)CCC(=O)O. The number of carboxylic acids is 1. The number of amides is 1. The van der Waals surface area contributed by atoms with Crippen LogP contribution in [0.15, 0.2) is 0 Å². The van der Waals surface area contributed by atoms with Crippen LogP contribution in [0.5, 0.6) is 0 Å². The largest absolute Gasteiger partial charge is 0.481 e. The molecular weight excluding hydrogens is 248 g/mol. The lowest BCUT2D eigenvalue weighted by atomic mass is 9.87. The summed E-state index contributed by atoms with van der Waals surface area (Å²) in [5.41, 5.74) is 4.58. The van der Waals surface area contributed by atoms with Crippen molar-refractivity contribution in [1.29, 1.82) is 0 Å². The van der Waals surface area contributed by atoms with E-state index >= 15 is 0 Å². The van der Waals surface area contributed by atoms with Gasteiger partial charge in [0, 0.05) is 19.3 Å². The molecule has 0 aromatic rings. The molecule has 6 nitrogen and oxygen atoms in total. The molecule has 0 aliphatic carbocycles. The summed E-state index contributed by atoms with van der Waals surface area (Å²) in [6.07, 6.45) is 0.0152. The van der Waals surface area contributed by atoms with Crippen molar-refractivity contribution in [2.45, 2.75) is 59.0 Å². The van der Waals surface area contributed by atoms with E-state index in [0.717, 1.165) is 0 Å². The van der Waals surface area contributed by atoms with Crippen molar-refractivity contribution in [1.82, 2.24) is 5.32 Å². The first-order chi connectivity index (χ1) is 8.41. The van der Waals surface area contributed by atoms with E-state index in [4.69, 9.17) is 10.8 Å². The van der Waals surface area contributed by atoms with Gasteiger partial charge in [0.05, 0.1) is 12.1 Å². The molecule has 0 fully saturated rings. The predicted molar refractivity (Wildman–Crippen MR) is 71.3 cm³/mol. The van der Waals surface area contributed by atoms with Crippen molar-refractivity contribution in [2.75, 3.05) is 0 Å². The number of rotatable bonds is 7. The molecule has 1 unspecified atom stereocenters. The fourth-order valence-electron chi connectivity index (χ4n) is 1.71. The zero-order chi connectivity index (χ0) is 15.3. The summed E-state index contributed by atoms with van der Waals surface area (Å²) >= 11 is 0. The lowest BCUT2D eigenvalue weighted by Gasteiger charge is -2.27. The van der Waals surface area contributed by atoms with Crippen LogP contribution in [0.1, 0.15) is 53.4 Å². The third-order valence-corrected chi connectivity index (χ3v) is 2.28. The number of Topliss-reactive ketones (excluding diaryl/α,β-unsaturated/α-hetero) is 1. The summed E-state index contributed by atoms with van der Waals surface area (Å²) < 4.78 is 0. The highest BCUT2D eigenvalue weighted by atomic mass is 16.4. The van der Waals surface area contributed by atoms with Gasteiger partial charge in [0.2, 0.25) is 5.91 Å². The van der Waals surface area contributed by atoms with E-state index in [1.165, 1.54) is 0 Å². The topological polar surface area (TPSA) is 109 Å². The smallest absolute Gasteiger partial charge is 0.303 e. The molecule has 110 valence electrons. The minimum Gasteiger partial charge on any atom is -0.481 e. The number of carbonyl (C=O) groups is 3. The molecule has 6 heteroatoms. The van der Waals surface area contributed by atoms with Crippen molar-refractivity contribution < 1.29 is 19.5 Å². The van der Waals surface area contributed by atoms with Gasteiger partial charge >= 0.3 is 5.97 Å². The van der Waals surface area contributed by atoms with Crippen LogP contribution in [0.25, 0.3) is 0 Å². The van der Waals surface area contributed by atoms with Crippen LogP contribution in [0.2, 0.25) is 0 Å². The van der Waals surface area contributed by atoms with Crippen LogP contribution >= 0.6 is 0 Å². The van der Waals surface area contributed by atoms with Crippen LogP contribution in [0, 0.1) is 5.41 Å². The van der Waals surface area contributed by atoms with Gasteiger partial charge in [-0.3, -0.25) is 14.4 Å². The van der Waals surface area contributed by atoms with Crippen LogP contribution < -0.4 is 11.1 Å². The average molecular weight is 272 g/mol. The normalized spacial score (nSPS) is 14.6. The fraction of sp³-hybridized carbons (Fsp3) is 0.769. The van der Waals surface area contributed by atoms with Crippen molar-refractivity contribution in [3.8, 4) is 0 Å². The predicted octanol–water partition coefficient (Wildman–Crippen LogP) is 1.04. The Kier molecular flexibility index (Phi) is 6.15. The maximum absolute atomic E-state index is 11.8. The number of hydrogen-bond donors (Lipinski definition) is 3. The number of nitrogens with one attached hydrogen (secondary N) is 1. The number of carbonyl (C=O) groups excluding carboxylic acids is 2. The van der Waals surface area contributed by atoms with Gasteiger partial charge in [0.15, 0.2) is 0 Å². The Balaban J connectivity index is 4.27. The Morgan fingerprint density at radius 2 is 1.58 bits per heavy atom. The summed E-state index contributed by atoms with van der Waals surface area (Å²) in [6, 6.07) is 0. The molecule has 19 heavy (non-hydrogen) atoms. The fourth-order valence-corrected chi connectivity index (χ4v) is 1.71. The van der Waals surface area contributed by atoms with Crippen LogP contribution in [-0.4, -0.2) is 28.4 Å². The lowest BCUT2D eigenvalue weighted by molar-refractivity contribution is -0.139. The van der Waals surface area contributed by atoms with Crippen LogP contribution in [-0.2, 0) is 14.4 Å². The van der Waals surface area contributed by atoms with Gasteiger partial charge in [-0.2, -0.15) is 0 Å². The van der Waals surface area contributed by atoms with Gasteiger partial charge in [0.1, 0.15) is 5.78 Å². The van der Waals surface area contributed by atoms with Gasteiger partial charge in [0.25, 0.3) is 0 Å². The average Bonchev–Trinajstić information content (AvgIpc) is 2.08. The molecule has 0 saturated heterocycles. The molecule has 0 spiro atoms. The highest BCUT2D eigenvalue weighted by Gasteiger charge is 2.26. The Morgan fingerprint density at radius 3 is 2.00 bits per heavy atom. The number of hydrogen-bond acceptors (Lipinski definition) is 4. The lowest BCUT2D eigenvalue weighted by Crippen LogP contribution is -2.54. The van der Waals surface area contributed by atoms with Crippen molar-refractivity contribution in [3.05, 3.63) is 0 Å². The second-order valence-electron chi connectivity index (χ2n) is 6.31. The van der Waals surface area contributed by atoms with E-state index in [1.54, 1.807) is 6.92 Å². The highest BCUT2D eigenvalue weighted by Crippen LogP contribution is 2.21. The molecule has 0 saturated carbocycles. The highest BCUT2D eigenvalue weighted by molar-refractivity contribution is 5.83. The van der Waals surface area contributed by atoms with Crippen molar-refractivity contribution >= 4 is 17.7 Å². The molecule has 0 aromatic carbocycles. The van der Waals surface area contributed by atoms with E-state index in [1.807, 2.05) is 20.8 Å². The van der Waals surface area contributed by atoms with E-state index in [0.29, 0.717) is 6.42 Å².